The fourth-order valence-electron chi connectivity index (χ4n) is 7.94. The number of fused-ring (bicyclic) bond motifs is 4. The van der Waals surface area contributed by atoms with Crippen LogP contribution in [0, 0.1) is 17.8 Å². The van der Waals surface area contributed by atoms with Crippen LogP contribution in [0.5, 0.6) is 0 Å². The van der Waals surface area contributed by atoms with Gasteiger partial charge in [-0.05, 0) is 71.8 Å². The maximum atomic E-state index is 14.0. The topological polar surface area (TPSA) is 191 Å². The highest BCUT2D eigenvalue weighted by Crippen LogP contribution is 2.62. The molecule has 7 rings (SSSR count). The summed E-state index contributed by atoms with van der Waals surface area (Å²) >= 11 is 17.6. The van der Waals surface area contributed by atoms with Crippen LogP contribution < -0.4 is 38.1 Å². The van der Waals surface area contributed by atoms with E-state index in [4.69, 9.17) is 23.1 Å². The summed E-state index contributed by atoms with van der Waals surface area (Å²) in [7, 11) is 0. The van der Waals surface area contributed by atoms with Gasteiger partial charge in [-0.3, -0.25) is 30.9 Å². The number of hydrogen-bond donors (Lipinski definition) is 9. The fourth-order valence-corrected chi connectivity index (χ4v) is 9.65. The molecule has 2 aromatic heterocycles. The van der Waals surface area contributed by atoms with Crippen molar-refractivity contribution in [1.29, 1.82) is 0 Å². The highest BCUT2D eigenvalue weighted by atomic mass is 79.9. The number of carbonyl (C=O) groups excluding carboxylic acids is 2. The minimum absolute atomic E-state index is 0.155. The average molecular weight is 768 g/mol. The number of nitrogens with two attached hydrogens (primary N) is 2. The summed E-state index contributed by atoms with van der Waals surface area (Å²) in [5.74, 6) is -1.41. The third-order valence-corrected chi connectivity index (χ3v) is 12.2. The molecule has 1 saturated carbocycles. The van der Waals surface area contributed by atoms with Crippen molar-refractivity contribution in [3.63, 3.8) is 0 Å². The molecule has 13 nitrogen and oxygen atoms in total. The molecule has 6 heterocycles. The number of β-amino-alcohol motifs (C(OH)–C–C–N with tert-alkyl or cyclic N) is 1. The maximum Gasteiger partial charge on any atom is 0.272 e. The third-order valence-electron chi connectivity index (χ3n) is 9.29. The SMILES string of the molecule is NC1NC[C@H](O)[C@@]2(N1)[C@H]1[C@H](CN3C(=O)c4cc(Br)cn4[C@H]4NC(N)N[C@@]413)[C@H](CNC(=O)c1cc(Br)c(Br)[nH]1)[C@@H]2Cl. The van der Waals surface area contributed by atoms with Crippen LogP contribution in [0.4, 0.5) is 0 Å². The Morgan fingerprint density at radius 3 is 2.73 bits per heavy atom. The lowest BCUT2D eigenvalue weighted by molar-refractivity contribution is -0.0633. The van der Waals surface area contributed by atoms with Gasteiger partial charge in [-0.1, -0.05) is 0 Å². The Morgan fingerprint density at radius 2 is 2.00 bits per heavy atom. The number of aromatic nitrogens is 2. The number of nitrogens with zero attached hydrogens (tertiary/aromatic N) is 2. The number of aromatic amines is 1. The number of aliphatic hydroxyl groups excluding tert-OH is 1. The van der Waals surface area contributed by atoms with E-state index in [0.29, 0.717) is 22.5 Å². The molecule has 0 aromatic carbocycles. The van der Waals surface area contributed by atoms with Crippen molar-refractivity contribution < 1.29 is 14.7 Å². The summed E-state index contributed by atoms with van der Waals surface area (Å²) in [5, 5.41) is 27.4. The van der Waals surface area contributed by atoms with E-state index in [1.807, 2.05) is 15.7 Å². The van der Waals surface area contributed by atoms with Gasteiger partial charge in [-0.2, -0.15) is 0 Å². The number of halogens is 4. The van der Waals surface area contributed by atoms with E-state index in [9.17, 15) is 14.7 Å². The molecule has 3 saturated heterocycles. The van der Waals surface area contributed by atoms with E-state index in [-0.39, 0.29) is 36.7 Å². The van der Waals surface area contributed by atoms with Crippen molar-refractivity contribution in [1.82, 2.24) is 41.0 Å². The van der Waals surface area contributed by atoms with E-state index in [1.165, 1.54) is 0 Å². The number of rotatable bonds is 3. The predicted molar refractivity (Wildman–Crippen MR) is 156 cm³/mol. The van der Waals surface area contributed by atoms with Crippen LogP contribution >= 0.6 is 59.4 Å². The summed E-state index contributed by atoms with van der Waals surface area (Å²) in [4.78, 5) is 31.9. The molecular weight excluding hydrogens is 739 g/mol. The van der Waals surface area contributed by atoms with Gasteiger partial charge in [0.15, 0.2) is 0 Å². The molecule has 0 bridgehead atoms. The highest BCUT2D eigenvalue weighted by molar-refractivity contribution is 9.13. The Balaban J connectivity index is 1.32. The lowest BCUT2D eigenvalue weighted by Crippen LogP contribution is -2.80. The molecule has 2 unspecified atom stereocenters. The van der Waals surface area contributed by atoms with E-state index < -0.39 is 47.3 Å². The number of H-pyrrole nitrogens is 1. The summed E-state index contributed by atoms with van der Waals surface area (Å²) in [6.07, 6.45) is -0.805. The molecule has 4 fully saturated rings. The smallest absolute Gasteiger partial charge is 0.272 e. The summed E-state index contributed by atoms with van der Waals surface area (Å²) in [5.41, 5.74) is 11.6. The number of nitrogens with one attached hydrogen (secondary N) is 6. The first-order valence-corrected chi connectivity index (χ1v) is 15.7. The largest absolute Gasteiger partial charge is 0.390 e. The molecule has 10 atom stereocenters. The predicted octanol–water partition coefficient (Wildman–Crippen LogP) is -0.362. The van der Waals surface area contributed by atoms with Crippen LogP contribution in [0.15, 0.2) is 31.9 Å². The molecule has 11 N–H and O–H groups in total. The second-order valence-corrected chi connectivity index (χ2v) is 14.2. The molecule has 2 amide bonds. The second-order valence-electron chi connectivity index (χ2n) is 11.1. The number of aliphatic hydroxyl groups is 1. The molecule has 5 aliphatic rings. The first-order chi connectivity index (χ1) is 19.0. The quantitative estimate of drug-likeness (QED) is 0.188. The van der Waals surface area contributed by atoms with Gasteiger partial charge in [0, 0.05) is 36.2 Å². The number of amides is 2. The first kappa shape index (κ1) is 27.8. The van der Waals surface area contributed by atoms with E-state index in [0.717, 1.165) is 8.95 Å². The third kappa shape index (κ3) is 3.61. The fraction of sp³-hybridized carbons (Fsp3) is 0.565. The minimum Gasteiger partial charge on any atom is -0.390 e. The second kappa shape index (κ2) is 9.47. The van der Waals surface area contributed by atoms with E-state index in [1.54, 1.807) is 12.1 Å². The van der Waals surface area contributed by atoms with Crippen molar-refractivity contribution in [2.24, 2.45) is 29.2 Å². The Morgan fingerprint density at radius 1 is 1.23 bits per heavy atom. The Labute approximate surface area is 259 Å². The van der Waals surface area contributed by atoms with Gasteiger partial charge in [0.2, 0.25) is 0 Å². The lowest BCUT2D eigenvalue weighted by atomic mass is 9.71. The molecule has 40 heavy (non-hydrogen) atoms. The van der Waals surface area contributed by atoms with Crippen LogP contribution in [0.2, 0.25) is 0 Å². The molecule has 4 aliphatic heterocycles. The van der Waals surface area contributed by atoms with Gasteiger partial charge in [0.05, 0.1) is 26.1 Å². The van der Waals surface area contributed by atoms with Gasteiger partial charge in [-0.15, -0.1) is 11.6 Å². The van der Waals surface area contributed by atoms with Gasteiger partial charge >= 0.3 is 0 Å². The monoisotopic (exact) mass is 764 g/mol. The van der Waals surface area contributed by atoms with Gasteiger partial charge in [0.25, 0.3) is 11.8 Å². The summed E-state index contributed by atoms with van der Waals surface area (Å²) in [6.45, 7) is 0.784. The molecule has 216 valence electrons. The first-order valence-electron chi connectivity index (χ1n) is 12.9. The minimum atomic E-state index is -1.11. The molecular formula is C23H28Br3ClN10O3. The molecule has 0 radical (unpaired) electrons. The van der Waals surface area contributed by atoms with Gasteiger partial charge < -0.3 is 36.3 Å². The van der Waals surface area contributed by atoms with Crippen molar-refractivity contribution in [2.75, 3.05) is 19.6 Å². The van der Waals surface area contributed by atoms with Crippen LogP contribution in [0.3, 0.4) is 0 Å². The summed E-state index contributed by atoms with van der Waals surface area (Å²) in [6, 6.07) is 3.48. The molecule has 2 spiro atoms. The van der Waals surface area contributed by atoms with Crippen LogP contribution in [0.25, 0.3) is 0 Å². The number of hydrogen-bond acceptors (Lipinski definition) is 9. The zero-order valence-corrected chi connectivity index (χ0v) is 26.3. The zero-order valence-electron chi connectivity index (χ0n) is 20.8. The van der Waals surface area contributed by atoms with Crippen LogP contribution in [-0.4, -0.2) is 86.3 Å². The highest BCUT2D eigenvalue weighted by Gasteiger charge is 2.78. The van der Waals surface area contributed by atoms with E-state index >= 15 is 0 Å². The van der Waals surface area contributed by atoms with Crippen LogP contribution in [0.1, 0.15) is 27.1 Å². The van der Waals surface area contributed by atoms with Crippen molar-refractivity contribution >= 4 is 71.2 Å². The van der Waals surface area contributed by atoms with E-state index in [2.05, 4.69) is 79.4 Å². The molecule has 1 aliphatic carbocycles. The van der Waals surface area contributed by atoms with Gasteiger partial charge in [0.1, 0.15) is 35.8 Å². The maximum absolute atomic E-state index is 14.0. The van der Waals surface area contributed by atoms with Gasteiger partial charge in [-0.25, -0.2) is 0 Å². The van der Waals surface area contributed by atoms with Crippen molar-refractivity contribution in [3.8, 4) is 0 Å². The lowest BCUT2D eigenvalue weighted by Gasteiger charge is -2.56. The Hall–Kier alpha value is -1.05. The molecule has 17 heteroatoms. The summed E-state index contributed by atoms with van der Waals surface area (Å²) < 4.78 is 4.05. The average Bonchev–Trinajstić information content (AvgIpc) is 3.67. The number of alkyl halides is 1. The normalized spacial score (nSPS) is 41.7. The van der Waals surface area contributed by atoms with Crippen molar-refractivity contribution in [3.05, 3.63) is 43.3 Å². The molecule has 2 aromatic rings. The standard InChI is InChI=1S/C23H28Br3ClN10O3/c24-7-1-12-18(40)37-6-9-8(3-30-17(39)11-2-10(25)16(26)32-11)15(27)22(13(38)4-31-20(28)34-22)14(9)23(37)19(36(12)5-7)33-21(29)35-23/h1-2,5,8-9,13-15,19-21,31-35,38H,3-4,6,28-29H2,(H,30,39)/t8-,9+,13-,14+,15-,19+,20?,21?,22+,23-/m0/s1. The van der Waals surface area contributed by atoms with Crippen molar-refractivity contribution in [2.45, 2.75) is 41.4 Å². The number of carbonyl (C=O) groups is 2. The Bertz CT molecular complexity index is 1390. The van der Waals surface area contributed by atoms with Crippen LogP contribution in [-0.2, 0) is 0 Å². The Kier molecular flexibility index (Phi) is 6.58. The zero-order chi connectivity index (χ0) is 28.3.